The van der Waals surface area contributed by atoms with Crippen molar-refractivity contribution in [1.82, 2.24) is 4.90 Å². The number of carboxylic acid groups (broad SMARTS) is 1. The Hall–Kier alpha value is -2.97. The Kier molecular flexibility index (Phi) is 7.59. The highest BCUT2D eigenvalue weighted by molar-refractivity contribution is 8.18. The number of carboxylic acids is 1. The number of aliphatic carboxylic acids is 1. The van der Waals surface area contributed by atoms with Crippen LogP contribution >= 0.6 is 23.4 Å². The first-order valence-corrected chi connectivity index (χ1v) is 10.7. The van der Waals surface area contributed by atoms with Gasteiger partial charge in [0.1, 0.15) is 0 Å². The van der Waals surface area contributed by atoms with E-state index in [-0.39, 0.29) is 24.8 Å². The number of carbonyl (C=O) groups is 3. The maximum atomic E-state index is 12.8. The number of carbonyl (C=O) groups excluding carboxylic acids is 2. The summed E-state index contributed by atoms with van der Waals surface area (Å²) >= 11 is 7.01. The minimum Gasteiger partial charge on any atom is -0.490 e. The van der Waals surface area contributed by atoms with E-state index in [0.717, 1.165) is 16.7 Å². The quantitative estimate of drug-likeness (QED) is 0.534. The standard InChI is InChI=1S/C22H20ClNO6S/c1-2-29-18-11-14(7-8-17(18)30-10-9-20(25)26)12-19-21(27)24(22(28)31-19)13-15-5-3-4-6-16(15)23/h3-8,11-12H,2,9-10,13H2,1H3,(H,25,26)/b19-12+. The van der Waals surface area contributed by atoms with Crippen molar-refractivity contribution in [2.24, 2.45) is 0 Å². The first-order chi connectivity index (χ1) is 14.9. The van der Waals surface area contributed by atoms with Crippen molar-refractivity contribution in [3.63, 3.8) is 0 Å². The Bertz CT molecular complexity index is 1040. The zero-order valence-electron chi connectivity index (χ0n) is 16.7. The number of benzene rings is 2. The van der Waals surface area contributed by atoms with Gasteiger partial charge >= 0.3 is 5.97 Å². The van der Waals surface area contributed by atoms with E-state index in [1.807, 2.05) is 6.92 Å². The molecule has 1 aliphatic rings. The summed E-state index contributed by atoms with van der Waals surface area (Å²) in [5, 5.41) is 8.88. The fraction of sp³-hybridized carbons (Fsp3) is 0.227. The molecule has 1 fully saturated rings. The SMILES string of the molecule is CCOc1cc(/C=C2/SC(=O)N(Cc3ccccc3Cl)C2=O)ccc1OCCC(=O)O. The second-order valence-corrected chi connectivity index (χ2v) is 7.89. The molecule has 0 aromatic heterocycles. The van der Waals surface area contributed by atoms with Gasteiger partial charge in [0.25, 0.3) is 11.1 Å². The number of nitrogens with zero attached hydrogens (tertiary/aromatic N) is 1. The molecule has 2 aromatic rings. The molecule has 1 heterocycles. The Morgan fingerprint density at radius 2 is 1.94 bits per heavy atom. The molecule has 0 spiro atoms. The van der Waals surface area contributed by atoms with Crippen LogP contribution in [-0.2, 0) is 16.1 Å². The van der Waals surface area contributed by atoms with Crippen molar-refractivity contribution in [1.29, 1.82) is 0 Å². The molecule has 162 valence electrons. The van der Waals surface area contributed by atoms with Gasteiger partial charge in [-0.1, -0.05) is 35.9 Å². The van der Waals surface area contributed by atoms with Gasteiger partial charge in [-0.15, -0.1) is 0 Å². The first-order valence-electron chi connectivity index (χ1n) is 9.49. The lowest BCUT2D eigenvalue weighted by molar-refractivity contribution is -0.137. The Morgan fingerprint density at radius 3 is 2.65 bits per heavy atom. The number of ether oxygens (including phenoxy) is 2. The average Bonchev–Trinajstić information content (AvgIpc) is 2.98. The van der Waals surface area contributed by atoms with Crippen LogP contribution in [0.3, 0.4) is 0 Å². The molecule has 2 aromatic carbocycles. The van der Waals surface area contributed by atoms with Gasteiger partial charge in [-0.05, 0) is 54.1 Å². The zero-order valence-corrected chi connectivity index (χ0v) is 18.2. The minimum atomic E-state index is -0.956. The van der Waals surface area contributed by atoms with Gasteiger partial charge in [0.15, 0.2) is 11.5 Å². The summed E-state index contributed by atoms with van der Waals surface area (Å²) in [4.78, 5) is 37.3. The van der Waals surface area contributed by atoms with Crippen LogP contribution in [0, 0.1) is 0 Å². The Labute approximate surface area is 188 Å². The third-order valence-electron chi connectivity index (χ3n) is 4.30. The third-order valence-corrected chi connectivity index (χ3v) is 5.57. The summed E-state index contributed by atoms with van der Waals surface area (Å²) in [6.07, 6.45) is 1.48. The smallest absolute Gasteiger partial charge is 0.306 e. The van der Waals surface area contributed by atoms with Gasteiger partial charge in [0, 0.05) is 5.02 Å². The van der Waals surface area contributed by atoms with Crippen LogP contribution < -0.4 is 9.47 Å². The van der Waals surface area contributed by atoms with Crippen LogP contribution in [0.15, 0.2) is 47.4 Å². The van der Waals surface area contributed by atoms with Crippen LogP contribution in [0.4, 0.5) is 4.79 Å². The van der Waals surface area contributed by atoms with Gasteiger partial charge in [0.2, 0.25) is 0 Å². The molecule has 9 heteroatoms. The average molecular weight is 462 g/mol. The van der Waals surface area contributed by atoms with Crippen LogP contribution in [-0.4, -0.2) is 40.3 Å². The molecule has 3 rings (SSSR count). The maximum Gasteiger partial charge on any atom is 0.306 e. The van der Waals surface area contributed by atoms with Crippen LogP contribution in [0.5, 0.6) is 11.5 Å². The minimum absolute atomic E-state index is 0.00961. The molecule has 2 amide bonds. The van der Waals surface area contributed by atoms with E-state index in [1.54, 1.807) is 48.5 Å². The molecule has 7 nitrogen and oxygen atoms in total. The largest absolute Gasteiger partial charge is 0.490 e. The van der Waals surface area contributed by atoms with Gasteiger partial charge < -0.3 is 14.6 Å². The van der Waals surface area contributed by atoms with E-state index < -0.39 is 11.9 Å². The van der Waals surface area contributed by atoms with Crippen molar-refractivity contribution >= 4 is 46.6 Å². The second-order valence-electron chi connectivity index (χ2n) is 6.49. The molecule has 0 unspecified atom stereocenters. The molecule has 0 saturated carbocycles. The molecule has 0 aliphatic carbocycles. The van der Waals surface area contributed by atoms with E-state index in [9.17, 15) is 14.4 Å². The lowest BCUT2D eigenvalue weighted by Crippen LogP contribution is -2.27. The Balaban J connectivity index is 1.78. The van der Waals surface area contributed by atoms with Crippen molar-refractivity contribution in [3.8, 4) is 11.5 Å². The summed E-state index contributed by atoms with van der Waals surface area (Å²) in [6.45, 7) is 2.30. The molecule has 1 N–H and O–H groups in total. The molecule has 0 radical (unpaired) electrons. The van der Waals surface area contributed by atoms with E-state index in [4.69, 9.17) is 26.2 Å². The summed E-state index contributed by atoms with van der Waals surface area (Å²) in [7, 11) is 0. The molecule has 1 saturated heterocycles. The molecule has 0 bridgehead atoms. The predicted octanol–water partition coefficient (Wildman–Crippen LogP) is 4.83. The lowest BCUT2D eigenvalue weighted by Gasteiger charge is -2.13. The maximum absolute atomic E-state index is 12.8. The number of amides is 2. The zero-order chi connectivity index (χ0) is 22.4. The highest BCUT2D eigenvalue weighted by atomic mass is 35.5. The molecular weight excluding hydrogens is 442 g/mol. The van der Waals surface area contributed by atoms with Crippen molar-refractivity contribution < 1.29 is 29.0 Å². The molecular formula is C22H20ClNO6S. The summed E-state index contributed by atoms with van der Waals surface area (Å²) in [5.74, 6) is -0.513. The van der Waals surface area contributed by atoms with Gasteiger partial charge in [0.05, 0.1) is 31.1 Å². The molecule has 0 atom stereocenters. The highest BCUT2D eigenvalue weighted by Crippen LogP contribution is 2.36. The normalized spacial score (nSPS) is 14.9. The number of hydrogen-bond acceptors (Lipinski definition) is 6. The monoisotopic (exact) mass is 461 g/mol. The van der Waals surface area contributed by atoms with Gasteiger partial charge in [-0.2, -0.15) is 0 Å². The van der Waals surface area contributed by atoms with E-state index in [0.29, 0.717) is 39.2 Å². The first kappa shape index (κ1) is 22.7. The molecule has 31 heavy (non-hydrogen) atoms. The predicted molar refractivity (Wildman–Crippen MR) is 118 cm³/mol. The second kappa shape index (κ2) is 10.4. The Morgan fingerprint density at radius 1 is 1.16 bits per heavy atom. The van der Waals surface area contributed by atoms with Gasteiger partial charge in [-0.25, -0.2) is 0 Å². The van der Waals surface area contributed by atoms with Crippen molar-refractivity contribution in [3.05, 3.63) is 63.5 Å². The fourth-order valence-electron chi connectivity index (χ4n) is 2.83. The van der Waals surface area contributed by atoms with E-state index in [1.165, 1.54) is 0 Å². The van der Waals surface area contributed by atoms with E-state index in [2.05, 4.69) is 0 Å². The summed E-state index contributed by atoms with van der Waals surface area (Å²) < 4.78 is 11.1. The topological polar surface area (TPSA) is 93.1 Å². The number of rotatable bonds is 9. The van der Waals surface area contributed by atoms with Crippen molar-refractivity contribution in [2.45, 2.75) is 19.9 Å². The summed E-state index contributed by atoms with van der Waals surface area (Å²) in [5.41, 5.74) is 1.34. The third kappa shape index (κ3) is 5.80. The highest BCUT2D eigenvalue weighted by Gasteiger charge is 2.35. The fourth-order valence-corrected chi connectivity index (χ4v) is 3.87. The number of imide groups is 1. The van der Waals surface area contributed by atoms with Gasteiger partial charge in [-0.3, -0.25) is 19.3 Å². The van der Waals surface area contributed by atoms with E-state index >= 15 is 0 Å². The van der Waals surface area contributed by atoms with Crippen LogP contribution in [0.1, 0.15) is 24.5 Å². The van der Waals surface area contributed by atoms with Crippen LogP contribution in [0.25, 0.3) is 6.08 Å². The number of thioether (sulfide) groups is 1. The van der Waals surface area contributed by atoms with Crippen LogP contribution in [0.2, 0.25) is 5.02 Å². The number of hydrogen-bond donors (Lipinski definition) is 1. The molecule has 1 aliphatic heterocycles. The lowest BCUT2D eigenvalue weighted by atomic mass is 10.1. The summed E-state index contributed by atoms with van der Waals surface area (Å²) in [6, 6.07) is 12.1. The van der Waals surface area contributed by atoms with Crippen molar-refractivity contribution in [2.75, 3.05) is 13.2 Å². The number of halogens is 1.